The van der Waals surface area contributed by atoms with Gasteiger partial charge in [0.05, 0.1) is 29.3 Å². The lowest BCUT2D eigenvalue weighted by atomic mass is 9.73. The maximum Gasteiger partial charge on any atom is 0.270 e. The Labute approximate surface area is 194 Å². The van der Waals surface area contributed by atoms with Gasteiger partial charge in [0.25, 0.3) is 5.91 Å². The summed E-state index contributed by atoms with van der Waals surface area (Å²) < 4.78 is 5.43. The molecule has 1 aliphatic rings. The van der Waals surface area contributed by atoms with Crippen LogP contribution in [0.2, 0.25) is 0 Å². The topological polar surface area (TPSA) is 133 Å². The Hall–Kier alpha value is -3.18. The first-order valence-electron chi connectivity index (χ1n) is 10.7. The Morgan fingerprint density at radius 3 is 2.55 bits per heavy atom. The van der Waals surface area contributed by atoms with Crippen LogP contribution in [0.25, 0.3) is 0 Å². The molecular weight excluding hydrogens is 424 g/mol. The minimum atomic E-state index is -1.35. The van der Waals surface area contributed by atoms with E-state index in [-0.39, 0.29) is 11.7 Å². The fourth-order valence-corrected chi connectivity index (χ4v) is 3.48. The molecule has 33 heavy (non-hydrogen) atoms. The van der Waals surface area contributed by atoms with Gasteiger partial charge in [0, 0.05) is 33.4 Å². The predicted molar refractivity (Wildman–Crippen MR) is 131 cm³/mol. The number of ether oxygens (including phenoxy) is 1. The molecule has 1 fully saturated rings. The third-order valence-electron chi connectivity index (χ3n) is 5.18. The molecule has 3 rings (SSSR count). The number of carbonyl (C=O) groups excluding carboxylic acids is 2. The Morgan fingerprint density at radius 1 is 1.27 bits per heavy atom. The number of hydrogen-bond acceptors (Lipinski definition) is 9. The van der Waals surface area contributed by atoms with E-state index in [4.69, 9.17) is 4.74 Å². The number of hydrogen-bond donors (Lipinski definition) is 3. The number of anilines is 4. The number of aromatic nitrogens is 3. The van der Waals surface area contributed by atoms with E-state index in [1.807, 2.05) is 25.9 Å². The summed E-state index contributed by atoms with van der Waals surface area (Å²) in [6.45, 7) is 3.02. The molecule has 0 unspecified atom stereocenters. The molecule has 0 radical (unpaired) electrons. The summed E-state index contributed by atoms with van der Waals surface area (Å²) in [6.07, 6.45) is 5.44. The first kappa shape index (κ1) is 24.5. The highest BCUT2D eigenvalue weighted by Gasteiger charge is 2.26. The molecule has 0 spiro atoms. The van der Waals surface area contributed by atoms with Gasteiger partial charge >= 0.3 is 0 Å². The minimum absolute atomic E-state index is 0.00493. The van der Waals surface area contributed by atoms with Crippen molar-refractivity contribution in [2.45, 2.75) is 31.3 Å². The maximum absolute atomic E-state index is 12.3. The Bertz CT molecular complexity index is 1010. The van der Waals surface area contributed by atoms with Crippen molar-refractivity contribution >= 4 is 51.2 Å². The first-order valence-corrected chi connectivity index (χ1v) is 10.7. The van der Waals surface area contributed by atoms with Gasteiger partial charge in [0.15, 0.2) is 21.5 Å². The van der Waals surface area contributed by atoms with E-state index in [1.54, 1.807) is 17.2 Å². The van der Waals surface area contributed by atoms with Crippen LogP contribution in [0.15, 0.2) is 18.5 Å². The molecule has 174 valence electrons. The van der Waals surface area contributed by atoms with Crippen LogP contribution in [0.5, 0.6) is 0 Å². The van der Waals surface area contributed by atoms with Crippen LogP contribution >= 0.6 is 0 Å². The normalized spacial score (nSPS) is 14.4. The summed E-state index contributed by atoms with van der Waals surface area (Å²) in [4.78, 5) is 41.0. The minimum Gasteiger partial charge on any atom is -0.388 e. The Balaban J connectivity index is 1.87. The van der Waals surface area contributed by atoms with Crippen molar-refractivity contribution in [2.24, 2.45) is 0 Å². The highest BCUT2D eigenvalue weighted by atomic mass is 16.5. The Morgan fingerprint density at radius 2 is 1.97 bits per heavy atom. The van der Waals surface area contributed by atoms with Crippen molar-refractivity contribution in [1.82, 2.24) is 20.3 Å². The summed E-state index contributed by atoms with van der Waals surface area (Å²) in [6, 6.07) is 1.60. The van der Waals surface area contributed by atoms with Gasteiger partial charge < -0.3 is 25.4 Å². The van der Waals surface area contributed by atoms with Gasteiger partial charge in [-0.15, -0.1) is 0 Å². The van der Waals surface area contributed by atoms with Crippen molar-refractivity contribution < 1.29 is 19.4 Å². The average Bonchev–Trinajstić information content (AvgIpc) is 2.75. The lowest BCUT2D eigenvalue weighted by Crippen LogP contribution is -2.49. The maximum atomic E-state index is 12.3. The molecule has 1 aliphatic heterocycles. The van der Waals surface area contributed by atoms with Crippen LogP contribution in [0.3, 0.4) is 0 Å². The van der Waals surface area contributed by atoms with E-state index < -0.39 is 11.4 Å². The van der Waals surface area contributed by atoms with E-state index in [9.17, 15) is 14.7 Å². The smallest absolute Gasteiger partial charge is 0.270 e. The van der Waals surface area contributed by atoms with Crippen LogP contribution in [0.1, 0.15) is 28.9 Å². The fraction of sp³-hybridized carbons (Fsp3) is 0.450. The fourth-order valence-electron chi connectivity index (χ4n) is 3.48. The quantitative estimate of drug-likeness (QED) is 0.254. The monoisotopic (exact) mass is 453 g/mol. The lowest BCUT2D eigenvalue weighted by molar-refractivity contribution is -0.108. The van der Waals surface area contributed by atoms with Gasteiger partial charge in [0.1, 0.15) is 5.69 Å². The Kier molecular flexibility index (Phi) is 7.54. The molecule has 2 aromatic heterocycles. The van der Waals surface area contributed by atoms with Crippen LogP contribution in [-0.2, 0) is 9.53 Å². The van der Waals surface area contributed by atoms with E-state index in [0.717, 1.165) is 24.8 Å². The number of aliphatic hydroxyl groups is 1. The lowest BCUT2D eigenvalue weighted by Gasteiger charge is -2.32. The summed E-state index contributed by atoms with van der Waals surface area (Å²) >= 11 is 0. The molecule has 13 heteroatoms. The molecule has 1 saturated heterocycles. The largest absolute Gasteiger partial charge is 0.388 e. The number of pyridine rings is 1. The highest BCUT2D eigenvalue weighted by molar-refractivity contribution is 6.39. The molecule has 0 aromatic carbocycles. The van der Waals surface area contributed by atoms with E-state index in [2.05, 4.69) is 25.6 Å². The molecule has 0 bridgehead atoms. The van der Waals surface area contributed by atoms with Crippen molar-refractivity contribution in [3.05, 3.63) is 29.7 Å². The molecule has 0 atom stereocenters. The molecule has 11 nitrogen and oxygen atoms in total. The van der Waals surface area contributed by atoms with Gasteiger partial charge in [-0.1, -0.05) is 0 Å². The van der Waals surface area contributed by atoms with Gasteiger partial charge in [-0.3, -0.25) is 14.5 Å². The number of nitrogens with zero attached hydrogens (tertiary/aromatic N) is 5. The van der Waals surface area contributed by atoms with E-state index >= 15 is 0 Å². The van der Waals surface area contributed by atoms with Crippen molar-refractivity contribution in [1.29, 1.82) is 0 Å². The summed E-state index contributed by atoms with van der Waals surface area (Å²) in [5.74, 6) is 0.323. The predicted octanol–water partition coefficient (Wildman–Crippen LogP) is -1.27. The third-order valence-corrected chi connectivity index (χ3v) is 5.18. The summed E-state index contributed by atoms with van der Waals surface area (Å²) in [5, 5.41) is 15.4. The molecule has 3 N–H and O–H groups in total. The SMILES string of the molecule is BC(B)(O)NC(=O)c1cc(C)c(Nc2ncc(N(C)C)c(N(C=O)C3CCOCC3)n2)cn1. The summed E-state index contributed by atoms with van der Waals surface area (Å²) in [5.41, 5.74) is 0.896. The van der Waals surface area contributed by atoms with Crippen LogP contribution in [0.4, 0.5) is 23.1 Å². The third kappa shape index (κ3) is 6.20. The van der Waals surface area contributed by atoms with Gasteiger partial charge in [-0.25, -0.2) is 9.97 Å². The zero-order valence-corrected chi connectivity index (χ0v) is 19.6. The van der Waals surface area contributed by atoms with Gasteiger partial charge in [-0.05, 0) is 31.4 Å². The molecule has 0 aliphatic carbocycles. The van der Waals surface area contributed by atoms with Crippen LogP contribution in [-0.4, -0.2) is 86.9 Å². The molecule has 2 aromatic rings. The van der Waals surface area contributed by atoms with E-state index in [0.29, 0.717) is 36.4 Å². The molecular formula is C20H29B2N7O4. The van der Waals surface area contributed by atoms with Crippen molar-refractivity contribution in [3.8, 4) is 0 Å². The van der Waals surface area contributed by atoms with Crippen molar-refractivity contribution in [3.63, 3.8) is 0 Å². The summed E-state index contributed by atoms with van der Waals surface area (Å²) in [7, 11) is 6.69. The van der Waals surface area contributed by atoms with Crippen LogP contribution < -0.4 is 20.4 Å². The number of aryl methyl sites for hydroxylation is 1. The second kappa shape index (κ2) is 10.2. The molecule has 2 amide bonds. The molecule has 0 saturated carbocycles. The number of amides is 2. The van der Waals surface area contributed by atoms with E-state index in [1.165, 1.54) is 21.9 Å². The number of nitrogens with one attached hydrogen (secondary N) is 2. The highest BCUT2D eigenvalue weighted by Crippen LogP contribution is 2.30. The standard InChI is InChI=1S/C20H29B2N7O4/c1-12-8-14(18(31)27-20(21,22)32)23-9-15(12)25-19-24-10-16(28(2)3)17(26-19)29(11-30)13-4-6-33-7-5-13/h8-11,13,32H,4-7,21-22H2,1-3H3,(H,27,31)(H,24,25,26). The number of carbonyl (C=O) groups is 2. The molecule has 3 heterocycles. The first-order chi connectivity index (χ1) is 15.6. The van der Waals surface area contributed by atoms with Crippen LogP contribution in [0, 0.1) is 6.92 Å². The van der Waals surface area contributed by atoms with Gasteiger partial charge in [-0.2, -0.15) is 4.98 Å². The second-order valence-electron chi connectivity index (χ2n) is 8.68. The second-order valence-corrected chi connectivity index (χ2v) is 8.68. The average molecular weight is 453 g/mol. The number of rotatable bonds is 8. The van der Waals surface area contributed by atoms with Gasteiger partial charge in [0.2, 0.25) is 12.4 Å². The zero-order chi connectivity index (χ0) is 24.2. The zero-order valence-electron chi connectivity index (χ0n) is 19.6. The van der Waals surface area contributed by atoms with Crippen molar-refractivity contribution in [2.75, 3.05) is 42.4 Å².